The number of aryl methyl sites for hydroxylation is 2. The van der Waals surface area contributed by atoms with E-state index in [2.05, 4.69) is 0 Å². The first-order valence-electron chi connectivity index (χ1n) is 5.91. The van der Waals surface area contributed by atoms with Gasteiger partial charge < -0.3 is 20.4 Å². The summed E-state index contributed by atoms with van der Waals surface area (Å²) >= 11 is 0. The van der Waals surface area contributed by atoms with E-state index >= 15 is 0 Å². The molecule has 0 bridgehead atoms. The molecule has 19 heavy (non-hydrogen) atoms. The van der Waals surface area contributed by atoms with Crippen LogP contribution in [0.15, 0.2) is 24.3 Å². The summed E-state index contributed by atoms with van der Waals surface area (Å²) in [6.45, 7) is 3.52. The standard InChI is InChI=1S/C15H16O4/c1-8-3-13(17)12(14(18)4-8)7-11-9(2)5-10(16)6-15(11)19/h3-6,16-19H,7H2,1-2H3. The summed E-state index contributed by atoms with van der Waals surface area (Å²) in [7, 11) is 0. The van der Waals surface area contributed by atoms with Crippen LogP contribution in [-0.2, 0) is 6.42 Å². The fraction of sp³-hybridized carbons (Fsp3) is 0.200. The first-order valence-corrected chi connectivity index (χ1v) is 5.91. The molecule has 0 saturated carbocycles. The van der Waals surface area contributed by atoms with Gasteiger partial charge in [0.05, 0.1) is 0 Å². The average Bonchev–Trinajstić information content (AvgIpc) is 2.25. The Morgan fingerprint density at radius 2 is 1.26 bits per heavy atom. The Labute approximate surface area is 111 Å². The highest BCUT2D eigenvalue weighted by atomic mass is 16.3. The Kier molecular flexibility index (Phi) is 3.25. The van der Waals surface area contributed by atoms with E-state index in [0.29, 0.717) is 16.7 Å². The number of hydrogen-bond acceptors (Lipinski definition) is 4. The topological polar surface area (TPSA) is 80.9 Å². The first-order chi connectivity index (χ1) is 8.88. The normalized spacial score (nSPS) is 10.6. The van der Waals surface area contributed by atoms with Crippen LogP contribution in [-0.4, -0.2) is 20.4 Å². The SMILES string of the molecule is Cc1cc(O)c(Cc2c(C)cc(O)cc2O)c(O)c1. The first kappa shape index (κ1) is 13.1. The van der Waals surface area contributed by atoms with E-state index in [0.717, 1.165) is 5.56 Å². The predicted octanol–water partition coefficient (Wildman–Crippen LogP) is 2.72. The lowest BCUT2D eigenvalue weighted by atomic mass is 9.97. The van der Waals surface area contributed by atoms with Gasteiger partial charge in [-0.15, -0.1) is 0 Å². The second-order valence-corrected chi connectivity index (χ2v) is 4.72. The minimum atomic E-state index is -0.0584. The molecule has 0 atom stereocenters. The maximum absolute atomic E-state index is 9.88. The fourth-order valence-electron chi connectivity index (χ4n) is 2.15. The molecule has 4 N–H and O–H groups in total. The van der Waals surface area contributed by atoms with Crippen LogP contribution in [0.25, 0.3) is 0 Å². The van der Waals surface area contributed by atoms with Crippen LogP contribution >= 0.6 is 0 Å². The third-order valence-electron chi connectivity index (χ3n) is 3.13. The number of aromatic hydroxyl groups is 4. The van der Waals surface area contributed by atoms with Crippen LogP contribution < -0.4 is 0 Å². The highest BCUT2D eigenvalue weighted by molar-refractivity contribution is 5.53. The largest absolute Gasteiger partial charge is 0.508 e. The molecule has 0 saturated heterocycles. The van der Waals surface area contributed by atoms with Crippen LogP contribution in [0, 0.1) is 13.8 Å². The van der Waals surface area contributed by atoms with Crippen molar-refractivity contribution >= 4 is 0 Å². The molecule has 0 spiro atoms. The van der Waals surface area contributed by atoms with Gasteiger partial charge in [-0.1, -0.05) is 0 Å². The van der Waals surface area contributed by atoms with E-state index in [1.54, 1.807) is 26.0 Å². The van der Waals surface area contributed by atoms with E-state index < -0.39 is 0 Å². The molecule has 0 radical (unpaired) electrons. The summed E-state index contributed by atoms with van der Waals surface area (Å²) in [6.07, 6.45) is 0.190. The molecule has 0 aliphatic heterocycles. The predicted molar refractivity (Wildman–Crippen MR) is 71.8 cm³/mol. The zero-order valence-corrected chi connectivity index (χ0v) is 10.8. The molecule has 100 valence electrons. The number of rotatable bonds is 2. The summed E-state index contributed by atoms with van der Waals surface area (Å²) in [4.78, 5) is 0. The lowest BCUT2D eigenvalue weighted by Gasteiger charge is -2.12. The van der Waals surface area contributed by atoms with Crippen molar-refractivity contribution in [1.29, 1.82) is 0 Å². The van der Waals surface area contributed by atoms with Crippen molar-refractivity contribution in [2.75, 3.05) is 0 Å². The average molecular weight is 260 g/mol. The summed E-state index contributed by atoms with van der Waals surface area (Å²) < 4.78 is 0. The van der Waals surface area contributed by atoms with Gasteiger partial charge in [0, 0.05) is 23.6 Å². The van der Waals surface area contributed by atoms with E-state index in [-0.39, 0.29) is 29.4 Å². The molecule has 2 aromatic rings. The van der Waals surface area contributed by atoms with Crippen molar-refractivity contribution in [2.45, 2.75) is 20.3 Å². The maximum Gasteiger partial charge on any atom is 0.123 e. The third kappa shape index (κ3) is 2.57. The zero-order chi connectivity index (χ0) is 14.2. The molecule has 0 unspecified atom stereocenters. The molecule has 0 aliphatic rings. The van der Waals surface area contributed by atoms with Crippen molar-refractivity contribution in [1.82, 2.24) is 0 Å². The van der Waals surface area contributed by atoms with Crippen molar-refractivity contribution in [3.8, 4) is 23.0 Å². The second kappa shape index (κ2) is 4.72. The molecular formula is C15H16O4. The Bertz CT molecular complexity index is 531. The molecule has 2 aromatic carbocycles. The van der Waals surface area contributed by atoms with Crippen molar-refractivity contribution in [2.24, 2.45) is 0 Å². The molecule has 0 fully saturated rings. The lowest BCUT2D eigenvalue weighted by molar-refractivity contribution is 0.435. The van der Waals surface area contributed by atoms with E-state index in [1.807, 2.05) is 0 Å². The number of benzene rings is 2. The summed E-state index contributed by atoms with van der Waals surface area (Å²) in [5.74, 6) is -0.0956. The van der Waals surface area contributed by atoms with Crippen LogP contribution in [0.4, 0.5) is 0 Å². The third-order valence-corrected chi connectivity index (χ3v) is 3.13. The highest BCUT2D eigenvalue weighted by Gasteiger charge is 2.14. The highest BCUT2D eigenvalue weighted by Crippen LogP contribution is 2.35. The molecule has 4 nitrogen and oxygen atoms in total. The van der Waals surface area contributed by atoms with Crippen molar-refractivity contribution in [3.63, 3.8) is 0 Å². The summed E-state index contributed by atoms with van der Waals surface area (Å²) in [5, 5.41) is 39.0. The van der Waals surface area contributed by atoms with Gasteiger partial charge in [-0.2, -0.15) is 0 Å². The molecule has 2 rings (SSSR count). The summed E-state index contributed by atoms with van der Waals surface area (Å²) in [5.41, 5.74) is 2.37. The molecule has 0 aromatic heterocycles. The molecule has 0 aliphatic carbocycles. The van der Waals surface area contributed by atoms with Gasteiger partial charge >= 0.3 is 0 Å². The van der Waals surface area contributed by atoms with Crippen molar-refractivity contribution in [3.05, 3.63) is 46.5 Å². The van der Waals surface area contributed by atoms with E-state index in [1.165, 1.54) is 12.1 Å². The van der Waals surface area contributed by atoms with Gasteiger partial charge in [-0.3, -0.25) is 0 Å². The lowest BCUT2D eigenvalue weighted by Crippen LogP contribution is -1.94. The Hall–Kier alpha value is -2.36. The van der Waals surface area contributed by atoms with Crippen LogP contribution in [0.5, 0.6) is 23.0 Å². The Morgan fingerprint density at radius 1 is 0.737 bits per heavy atom. The minimum absolute atomic E-state index is 0.00984. The zero-order valence-electron chi connectivity index (χ0n) is 10.8. The van der Waals surface area contributed by atoms with Gasteiger partial charge in [0.2, 0.25) is 0 Å². The number of phenolic OH excluding ortho intramolecular Hbond substituents is 4. The van der Waals surface area contributed by atoms with Gasteiger partial charge in [0.25, 0.3) is 0 Å². The smallest absolute Gasteiger partial charge is 0.123 e. The Balaban J connectivity index is 2.48. The van der Waals surface area contributed by atoms with Crippen molar-refractivity contribution < 1.29 is 20.4 Å². The van der Waals surface area contributed by atoms with Crippen LogP contribution in [0.3, 0.4) is 0 Å². The van der Waals surface area contributed by atoms with Gasteiger partial charge in [-0.25, -0.2) is 0 Å². The maximum atomic E-state index is 9.88. The molecule has 0 amide bonds. The second-order valence-electron chi connectivity index (χ2n) is 4.72. The quantitative estimate of drug-likeness (QED) is 0.669. The van der Waals surface area contributed by atoms with Gasteiger partial charge in [0.15, 0.2) is 0 Å². The van der Waals surface area contributed by atoms with Gasteiger partial charge in [0.1, 0.15) is 23.0 Å². The van der Waals surface area contributed by atoms with Gasteiger partial charge in [-0.05, 0) is 43.2 Å². The summed E-state index contributed by atoms with van der Waals surface area (Å²) in [6, 6.07) is 5.88. The fourth-order valence-corrected chi connectivity index (χ4v) is 2.15. The van der Waals surface area contributed by atoms with Crippen LogP contribution in [0.1, 0.15) is 22.3 Å². The molecule has 0 heterocycles. The van der Waals surface area contributed by atoms with E-state index in [9.17, 15) is 20.4 Å². The minimum Gasteiger partial charge on any atom is -0.508 e. The molecular weight excluding hydrogens is 244 g/mol. The Morgan fingerprint density at radius 3 is 1.79 bits per heavy atom. The number of phenols is 4. The molecule has 4 heteroatoms. The van der Waals surface area contributed by atoms with Crippen LogP contribution in [0.2, 0.25) is 0 Å². The van der Waals surface area contributed by atoms with E-state index in [4.69, 9.17) is 0 Å². The number of hydrogen-bond donors (Lipinski definition) is 4. The monoisotopic (exact) mass is 260 g/mol.